The smallest absolute Gasteiger partial charge is 0.331 e. The molecule has 1 rings (SSSR count). The van der Waals surface area contributed by atoms with Gasteiger partial charge in [0.15, 0.2) is 0 Å². The summed E-state index contributed by atoms with van der Waals surface area (Å²) in [7, 11) is 2.08. The van der Waals surface area contributed by atoms with Gasteiger partial charge < -0.3 is 10.0 Å². The van der Waals surface area contributed by atoms with Crippen LogP contribution < -0.4 is 0 Å². The molecule has 3 heteroatoms. The quantitative estimate of drug-likeness (QED) is 0.626. The topological polar surface area (TPSA) is 40.5 Å². The lowest BCUT2D eigenvalue weighted by Gasteiger charge is -2.11. The Morgan fingerprint density at radius 3 is 2.69 bits per heavy atom. The van der Waals surface area contributed by atoms with Crippen LogP contribution in [-0.4, -0.2) is 36.1 Å². The number of likely N-dealkylation sites (tertiary alicyclic amines) is 1. The summed E-state index contributed by atoms with van der Waals surface area (Å²) in [6.07, 6.45) is 2.94. The molecule has 0 amide bonds. The zero-order valence-electron chi connectivity index (χ0n) is 8.34. The van der Waals surface area contributed by atoms with E-state index in [2.05, 4.69) is 11.9 Å². The minimum atomic E-state index is -0.764. The molecule has 0 unspecified atom stereocenters. The van der Waals surface area contributed by atoms with Crippen LogP contribution in [0.15, 0.2) is 11.1 Å². The molecule has 74 valence electrons. The molecular formula is C10H17NO2. The highest BCUT2D eigenvalue weighted by Crippen LogP contribution is 2.19. The molecule has 0 saturated carbocycles. The van der Waals surface area contributed by atoms with Crippen molar-refractivity contribution in [3.63, 3.8) is 0 Å². The van der Waals surface area contributed by atoms with Gasteiger partial charge >= 0.3 is 5.97 Å². The van der Waals surface area contributed by atoms with Crippen LogP contribution >= 0.6 is 0 Å². The summed E-state index contributed by atoms with van der Waals surface area (Å²) in [5.41, 5.74) is 1.67. The molecule has 0 aromatic rings. The molecule has 1 N–H and O–H groups in total. The summed E-state index contributed by atoms with van der Waals surface area (Å²) in [5.74, 6) is -0.764. The molecule has 0 aromatic carbocycles. The average molecular weight is 183 g/mol. The number of hydrogen-bond donors (Lipinski definition) is 1. The van der Waals surface area contributed by atoms with Gasteiger partial charge in [0.25, 0.3) is 0 Å². The summed E-state index contributed by atoms with van der Waals surface area (Å²) >= 11 is 0. The molecule has 0 atom stereocenters. The third-order valence-electron chi connectivity index (χ3n) is 2.66. The first kappa shape index (κ1) is 10.3. The summed E-state index contributed by atoms with van der Waals surface area (Å²) in [6, 6.07) is 0. The second-order valence-electron chi connectivity index (χ2n) is 3.69. The maximum absolute atomic E-state index is 10.7. The van der Waals surface area contributed by atoms with E-state index < -0.39 is 5.97 Å². The Morgan fingerprint density at radius 2 is 2.08 bits per heavy atom. The summed E-state index contributed by atoms with van der Waals surface area (Å²) in [5, 5.41) is 8.82. The number of aliphatic carboxylic acids is 1. The Morgan fingerprint density at radius 1 is 1.38 bits per heavy atom. The van der Waals surface area contributed by atoms with Gasteiger partial charge in [0, 0.05) is 12.1 Å². The maximum atomic E-state index is 10.7. The molecule has 0 radical (unpaired) electrons. The Labute approximate surface area is 79.0 Å². The monoisotopic (exact) mass is 183 g/mol. The van der Waals surface area contributed by atoms with Crippen molar-refractivity contribution in [1.82, 2.24) is 4.90 Å². The second kappa shape index (κ2) is 4.42. The number of rotatable bonds is 1. The molecule has 1 aliphatic rings. The first-order valence-electron chi connectivity index (χ1n) is 4.71. The van der Waals surface area contributed by atoms with Crippen LogP contribution in [0.25, 0.3) is 0 Å². The average Bonchev–Trinajstić information content (AvgIpc) is 2.28. The van der Waals surface area contributed by atoms with Crippen molar-refractivity contribution < 1.29 is 9.90 Å². The molecule has 0 aromatic heterocycles. The predicted molar refractivity (Wildman–Crippen MR) is 51.7 cm³/mol. The number of carbonyl (C=O) groups is 1. The van der Waals surface area contributed by atoms with E-state index >= 15 is 0 Å². The van der Waals surface area contributed by atoms with Crippen LogP contribution in [0, 0.1) is 0 Å². The Kier molecular flexibility index (Phi) is 3.48. The molecule has 1 heterocycles. The maximum Gasteiger partial charge on any atom is 0.331 e. The van der Waals surface area contributed by atoms with Crippen LogP contribution in [0.4, 0.5) is 0 Å². The van der Waals surface area contributed by atoms with Crippen molar-refractivity contribution in [2.24, 2.45) is 0 Å². The Balaban J connectivity index is 2.70. The van der Waals surface area contributed by atoms with Gasteiger partial charge in [-0.3, -0.25) is 0 Å². The van der Waals surface area contributed by atoms with E-state index in [4.69, 9.17) is 5.11 Å². The predicted octanol–water partition coefficient (Wildman–Crippen LogP) is 1.50. The van der Waals surface area contributed by atoms with Gasteiger partial charge in [-0.05, 0) is 39.8 Å². The van der Waals surface area contributed by atoms with Crippen molar-refractivity contribution in [2.45, 2.75) is 26.2 Å². The second-order valence-corrected chi connectivity index (χ2v) is 3.69. The van der Waals surface area contributed by atoms with Gasteiger partial charge in [-0.25, -0.2) is 4.79 Å². The molecule has 1 saturated heterocycles. The highest BCUT2D eigenvalue weighted by molar-refractivity contribution is 5.86. The van der Waals surface area contributed by atoms with E-state index in [1.54, 1.807) is 6.92 Å². The molecule has 1 fully saturated rings. The van der Waals surface area contributed by atoms with Crippen molar-refractivity contribution in [3.05, 3.63) is 11.1 Å². The highest BCUT2D eigenvalue weighted by atomic mass is 16.4. The van der Waals surface area contributed by atoms with E-state index in [0.29, 0.717) is 5.57 Å². The van der Waals surface area contributed by atoms with Gasteiger partial charge in [-0.1, -0.05) is 5.57 Å². The first-order chi connectivity index (χ1) is 6.11. The third-order valence-corrected chi connectivity index (χ3v) is 2.66. The molecule has 13 heavy (non-hydrogen) atoms. The van der Waals surface area contributed by atoms with Crippen molar-refractivity contribution >= 4 is 5.97 Å². The zero-order chi connectivity index (χ0) is 9.84. The summed E-state index contributed by atoms with van der Waals surface area (Å²) in [4.78, 5) is 13.0. The first-order valence-corrected chi connectivity index (χ1v) is 4.71. The number of carboxylic acid groups (broad SMARTS) is 1. The van der Waals surface area contributed by atoms with Crippen molar-refractivity contribution in [2.75, 3.05) is 20.1 Å². The fraction of sp³-hybridized carbons (Fsp3) is 0.700. The molecule has 0 spiro atoms. The van der Waals surface area contributed by atoms with Crippen LogP contribution in [0.2, 0.25) is 0 Å². The lowest BCUT2D eigenvalue weighted by Crippen LogP contribution is -2.18. The summed E-state index contributed by atoms with van der Waals surface area (Å²) < 4.78 is 0. The van der Waals surface area contributed by atoms with Crippen molar-refractivity contribution in [1.29, 1.82) is 0 Å². The molecular weight excluding hydrogens is 166 g/mol. The standard InChI is InChI=1S/C10H17NO2/c1-8(10(12)13)9-4-3-6-11(2)7-5-9/h3-7H2,1-2H3,(H,12,13). The van der Waals surface area contributed by atoms with E-state index in [1.807, 2.05) is 0 Å². The van der Waals surface area contributed by atoms with E-state index in [1.165, 1.54) is 0 Å². The Hall–Kier alpha value is -0.830. The molecule has 0 bridgehead atoms. The van der Waals surface area contributed by atoms with Gasteiger partial charge in [0.05, 0.1) is 0 Å². The molecule has 1 aliphatic heterocycles. The third kappa shape index (κ3) is 2.84. The van der Waals surface area contributed by atoms with E-state index in [-0.39, 0.29) is 0 Å². The molecule has 3 nitrogen and oxygen atoms in total. The van der Waals surface area contributed by atoms with Crippen LogP contribution in [0.1, 0.15) is 26.2 Å². The number of carboxylic acids is 1. The minimum Gasteiger partial charge on any atom is -0.478 e. The fourth-order valence-corrected chi connectivity index (χ4v) is 1.65. The lowest BCUT2D eigenvalue weighted by molar-refractivity contribution is -0.132. The highest BCUT2D eigenvalue weighted by Gasteiger charge is 2.13. The lowest BCUT2D eigenvalue weighted by atomic mass is 10.0. The van der Waals surface area contributed by atoms with Gasteiger partial charge in [0.1, 0.15) is 0 Å². The largest absolute Gasteiger partial charge is 0.478 e. The molecule has 0 aliphatic carbocycles. The number of hydrogen-bond acceptors (Lipinski definition) is 2. The number of nitrogens with zero attached hydrogens (tertiary/aromatic N) is 1. The fourth-order valence-electron chi connectivity index (χ4n) is 1.65. The summed E-state index contributed by atoms with van der Waals surface area (Å²) in [6.45, 7) is 3.78. The van der Waals surface area contributed by atoms with Crippen LogP contribution in [-0.2, 0) is 4.79 Å². The van der Waals surface area contributed by atoms with E-state index in [0.717, 1.165) is 37.9 Å². The van der Waals surface area contributed by atoms with Crippen LogP contribution in [0.5, 0.6) is 0 Å². The van der Waals surface area contributed by atoms with Crippen LogP contribution in [0.3, 0.4) is 0 Å². The van der Waals surface area contributed by atoms with E-state index in [9.17, 15) is 4.79 Å². The minimum absolute atomic E-state index is 0.551. The van der Waals surface area contributed by atoms with Gasteiger partial charge in [-0.15, -0.1) is 0 Å². The van der Waals surface area contributed by atoms with Gasteiger partial charge in [-0.2, -0.15) is 0 Å². The SMILES string of the molecule is CC(C(=O)O)=C1CCCN(C)CC1. The zero-order valence-corrected chi connectivity index (χ0v) is 8.34. The van der Waals surface area contributed by atoms with Crippen molar-refractivity contribution in [3.8, 4) is 0 Å². The van der Waals surface area contributed by atoms with Gasteiger partial charge in [0.2, 0.25) is 0 Å². The Bertz CT molecular complexity index is 233. The normalized spacial score (nSPS) is 23.8.